The fraction of sp³-hybridized carbons (Fsp3) is 0.438. The zero-order chi connectivity index (χ0) is 45.8. The minimum absolute atomic E-state index is 0.000783. The SMILES string of the molecule is NC(CC(=O)N1CCn2c(nnc2C(F)(F)F)C1)Cc1cc(F)c(F)cc1F.NC(CC(=O)N1CCn2c(nnc2C(F)(F)F)C1)Cc1cc(F)c(F)cc1F.O=P(O)(O)O. The number of hydrogen-bond acceptors (Lipinski definition) is 9. The zero-order valence-corrected chi connectivity index (χ0v) is 31.7. The van der Waals surface area contributed by atoms with Gasteiger partial charge in [0.2, 0.25) is 23.5 Å². The van der Waals surface area contributed by atoms with Crippen molar-refractivity contribution in [3.63, 3.8) is 0 Å². The molecule has 0 saturated heterocycles. The standard InChI is InChI=1S/2C16H15F6N5O.H3O4P/c2*17-10-6-12(19)11(18)4-8(10)3-9(23)5-14(28)26-1-2-27-13(7-26)24-25-15(27)16(20,21)22;1-5(2,3)4/h2*4,6,9H,1-3,5,7,23H2;(H3,1,2,3,4). The lowest BCUT2D eigenvalue weighted by molar-refractivity contribution is -0.149. The van der Waals surface area contributed by atoms with E-state index in [1.54, 1.807) is 0 Å². The van der Waals surface area contributed by atoms with E-state index in [-0.39, 0.29) is 87.7 Å². The van der Waals surface area contributed by atoms with Crippen LogP contribution in [-0.2, 0) is 65.5 Å². The van der Waals surface area contributed by atoms with Crippen LogP contribution in [0.5, 0.6) is 0 Å². The Kier molecular flexibility index (Phi) is 15.3. The van der Waals surface area contributed by atoms with Crippen molar-refractivity contribution in [2.75, 3.05) is 13.1 Å². The molecule has 2 atom stereocenters. The summed E-state index contributed by atoms with van der Waals surface area (Å²) in [5, 5.41) is 13.2. The van der Waals surface area contributed by atoms with Crippen LogP contribution in [0.4, 0.5) is 52.7 Å². The van der Waals surface area contributed by atoms with Gasteiger partial charge in [-0.2, -0.15) is 26.3 Å². The summed E-state index contributed by atoms with van der Waals surface area (Å²) in [6.45, 7) is -0.604. The lowest BCUT2D eigenvalue weighted by Crippen LogP contribution is -2.42. The Morgan fingerprint density at radius 1 is 0.590 bits per heavy atom. The minimum Gasteiger partial charge on any atom is -0.333 e. The van der Waals surface area contributed by atoms with Crippen LogP contribution in [0.15, 0.2) is 24.3 Å². The third kappa shape index (κ3) is 13.4. The summed E-state index contributed by atoms with van der Waals surface area (Å²) in [4.78, 5) is 48.8. The summed E-state index contributed by atoms with van der Waals surface area (Å²) < 4.78 is 167. The lowest BCUT2D eigenvalue weighted by Gasteiger charge is -2.29. The Morgan fingerprint density at radius 2 is 0.902 bits per heavy atom. The number of benzene rings is 2. The maximum atomic E-state index is 13.7. The predicted molar refractivity (Wildman–Crippen MR) is 180 cm³/mol. The zero-order valence-electron chi connectivity index (χ0n) is 30.8. The summed E-state index contributed by atoms with van der Waals surface area (Å²) in [6, 6.07) is 0.368. The number of fused-ring (bicyclic) bond motifs is 2. The molecule has 16 nitrogen and oxygen atoms in total. The van der Waals surface area contributed by atoms with Gasteiger partial charge in [0, 0.05) is 63.2 Å². The van der Waals surface area contributed by atoms with Gasteiger partial charge >= 0.3 is 20.2 Å². The van der Waals surface area contributed by atoms with Gasteiger partial charge in [-0.3, -0.25) is 9.59 Å². The van der Waals surface area contributed by atoms with Crippen molar-refractivity contribution in [1.29, 1.82) is 0 Å². The summed E-state index contributed by atoms with van der Waals surface area (Å²) in [6.07, 6.45) is -10.2. The Labute approximate surface area is 335 Å². The number of phosphoric acid groups is 1. The summed E-state index contributed by atoms with van der Waals surface area (Å²) in [5.41, 5.74) is 11.3. The van der Waals surface area contributed by atoms with Crippen molar-refractivity contribution in [2.24, 2.45) is 11.5 Å². The van der Waals surface area contributed by atoms with E-state index in [1.165, 1.54) is 9.80 Å². The molecule has 0 spiro atoms. The quantitative estimate of drug-likeness (QED) is 0.0976. The van der Waals surface area contributed by atoms with Crippen LogP contribution >= 0.6 is 7.82 Å². The molecule has 0 fully saturated rings. The number of alkyl halides is 6. The predicted octanol–water partition coefficient (Wildman–Crippen LogP) is 3.10. The molecule has 61 heavy (non-hydrogen) atoms. The second kappa shape index (κ2) is 19.3. The molecule has 2 amide bonds. The normalized spacial score (nSPS) is 15.2. The van der Waals surface area contributed by atoms with Crippen LogP contribution in [-0.4, -0.2) is 91.0 Å². The molecule has 4 aromatic rings. The van der Waals surface area contributed by atoms with Crippen LogP contribution in [0.1, 0.15) is 47.3 Å². The summed E-state index contributed by atoms with van der Waals surface area (Å²) >= 11 is 0. The first kappa shape index (κ1) is 48.5. The largest absolute Gasteiger partial charge is 0.466 e. The van der Waals surface area contributed by atoms with Gasteiger partial charge in [-0.15, -0.1) is 20.4 Å². The van der Waals surface area contributed by atoms with E-state index >= 15 is 0 Å². The molecule has 0 saturated carbocycles. The van der Waals surface area contributed by atoms with Gasteiger partial charge in [0.15, 0.2) is 34.9 Å². The Morgan fingerprint density at radius 3 is 1.21 bits per heavy atom. The van der Waals surface area contributed by atoms with Gasteiger partial charge in [0.25, 0.3) is 0 Å². The first-order chi connectivity index (χ1) is 28.1. The lowest BCUT2D eigenvalue weighted by atomic mass is 10.0. The van der Waals surface area contributed by atoms with Crippen molar-refractivity contribution in [1.82, 2.24) is 39.3 Å². The second-order valence-corrected chi connectivity index (χ2v) is 14.4. The van der Waals surface area contributed by atoms with Gasteiger partial charge in [-0.1, -0.05) is 0 Å². The molecule has 336 valence electrons. The van der Waals surface area contributed by atoms with Crippen molar-refractivity contribution < 1.29 is 81.5 Å². The highest BCUT2D eigenvalue weighted by Gasteiger charge is 2.41. The van der Waals surface area contributed by atoms with Crippen molar-refractivity contribution in [3.8, 4) is 0 Å². The number of nitrogens with two attached hydrogens (primary N) is 2. The van der Waals surface area contributed by atoms with E-state index in [2.05, 4.69) is 20.4 Å². The average molecular weight is 913 g/mol. The molecule has 2 aliphatic rings. The molecule has 4 heterocycles. The number of rotatable bonds is 8. The number of carbonyl (C=O) groups excluding carboxylic acids is 2. The van der Waals surface area contributed by atoms with E-state index < -0.39 is 90.6 Å². The minimum atomic E-state index is -4.64. The number of carbonyl (C=O) groups is 2. The Bertz CT molecular complexity index is 2110. The fourth-order valence-electron chi connectivity index (χ4n) is 6.02. The van der Waals surface area contributed by atoms with Gasteiger partial charge < -0.3 is 45.1 Å². The number of nitrogens with zero attached hydrogens (tertiary/aromatic N) is 8. The average Bonchev–Trinajstić information content (AvgIpc) is 3.77. The first-order valence-electron chi connectivity index (χ1n) is 17.2. The monoisotopic (exact) mass is 912 g/mol. The van der Waals surface area contributed by atoms with E-state index in [1.807, 2.05) is 0 Å². The molecule has 0 radical (unpaired) electrons. The number of amides is 2. The van der Waals surface area contributed by atoms with Gasteiger partial charge in [0.05, 0.1) is 13.1 Å². The smallest absolute Gasteiger partial charge is 0.333 e. The van der Waals surface area contributed by atoms with Crippen LogP contribution in [0.3, 0.4) is 0 Å². The molecule has 7 N–H and O–H groups in total. The van der Waals surface area contributed by atoms with E-state index in [0.29, 0.717) is 24.3 Å². The summed E-state index contributed by atoms with van der Waals surface area (Å²) in [7, 11) is -4.64. The van der Waals surface area contributed by atoms with Gasteiger partial charge in [0.1, 0.15) is 11.6 Å². The fourth-order valence-corrected chi connectivity index (χ4v) is 6.02. The van der Waals surface area contributed by atoms with Gasteiger partial charge in [-0.05, 0) is 36.1 Å². The molecule has 0 bridgehead atoms. The first-order valence-corrected chi connectivity index (χ1v) is 18.8. The Balaban J connectivity index is 0.000000242. The molecule has 2 aromatic heterocycles. The maximum Gasteiger partial charge on any atom is 0.466 e. The molecule has 2 aromatic carbocycles. The molecule has 29 heteroatoms. The molecule has 6 rings (SSSR count). The highest BCUT2D eigenvalue weighted by Crippen LogP contribution is 2.31. The third-order valence-corrected chi connectivity index (χ3v) is 8.74. The van der Waals surface area contributed by atoms with Crippen molar-refractivity contribution >= 4 is 19.6 Å². The maximum absolute atomic E-state index is 13.7. The molecular weight excluding hydrogens is 879 g/mol. The Hall–Kier alpha value is -5.15. The second-order valence-electron chi connectivity index (χ2n) is 13.4. The van der Waals surface area contributed by atoms with Crippen LogP contribution < -0.4 is 11.5 Å². The van der Waals surface area contributed by atoms with Crippen molar-refractivity contribution in [3.05, 3.63) is 93.6 Å². The van der Waals surface area contributed by atoms with E-state index in [4.69, 9.17) is 30.7 Å². The van der Waals surface area contributed by atoms with E-state index in [9.17, 15) is 62.3 Å². The molecule has 2 unspecified atom stereocenters. The van der Waals surface area contributed by atoms with Crippen LogP contribution in [0.25, 0.3) is 0 Å². The van der Waals surface area contributed by atoms with Gasteiger partial charge in [-0.25, -0.2) is 30.9 Å². The van der Waals surface area contributed by atoms with Crippen LogP contribution in [0.2, 0.25) is 0 Å². The van der Waals surface area contributed by atoms with E-state index in [0.717, 1.165) is 9.13 Å². The third-order valence-electron chi connectivity index (χ3n) is 8.74. The number of aromatic nitrogens is 6. The topological polar surface area (TPSA) is 232 Å². The van der Waals surface area contributed by atoms with Crippen LogP contribution in [0, 0.1) is 34.9 Å². The number of hydrogen-bond donors (Lipinski definition) is 5. The highest BCUT2D eigenvalue weighted by atomic mass is 31.2. The molecular formula is C32H33F12N10O6P. The summed E-state index contributed by atoms with van der Waals surface area (Å²) in [5.74, 6) is -10.3. The molecule has 2 aliphatic heterocycles. The molecule has 0 aliphatic carbocycles. The highest BCUT2D eigenvalue weighted by molar-refractivity contribution is 7.45. The van der Waals surface area contributed by atoms with Crippen molar-refractivity contribution in [2.45, 2.75) is 76.3 Å². The number of halogens is 12.